The molecule has 0 saturated carbocycles. The summed E-state index contributed by atoms with van der Waals surface area (Å²) >= 11 is 6.17. The summed E-state index contributed by atoms with van der Waals surface area (Å²) in [6, 6.07) is 11.1. The molecule has 0 unspecified atom stereocenters. The Morgan fingerprint density at radius 3 is 2.52 bits per heavy atom. The third-order valence-corrected chi connectivity index (χ3v) is 7.82. The highest BCUT2D eigenvalue weighted by atomic mass is 35.5. The summed E-state index contributed by atoms with van der Waals surface area (Å²) < 4.78 is 39.7. The van der Waals surface area contributed by atoms with E-state index in [1.165, 1.54) is 38.4 Å². The summed E-state index contributed by atoms with van der Waals surface area (Å²) in [5.74, 6) is -0.417. The van der Waals surface area contributed by atoms with Crippen LogP contribution in [0.3, 0.4) is 0 Å². The highest BCUT2D eigenvalue weighted by Crippen LogP contribution is 2.26. The van der Waals surface area contributed by atoms with Crippen molar-refractivity contribution in [1.82, 2.24) is 14.1 Å². The molecule has 1 saturated heterocycles. The number of anilines is 1. The first kappa shape index (κ1) is 25.6. The number of nitrogens with one attached hydrogen (secondary N) is 1. The van der Waals surface area contributed by atoms with Gasteiger partial charge in [0.1, 0.15) is 5.82 Å². The van der Waals surface area contributed by atoms with Crippen LogP contribution in [0.5, 0.6) is 0 Å². The minimum atomic E-state index is -3.63. The molecule has 0 radical (unpaired) electrons. The van der Waals surface area contributed by atoms with E-state index in [0.29, 0.717) is 18.7 Å². The van der Waals surface area contributed by atoms with E-state index >= 15 is 0 Å². The number of carbonyl (C=O) groups excluding carboxylic acids is 1. The summed E-state index contributed by atoms with van der Waals surface area (Å²) in [5, 5.41) is 3.01. The average molecular weight is 497 g/mol. The van der Waals surface area contributed by atoms with Crippen molar-refractivity contribution in [3.05, 3.63) is 58.9 Å². The highest BCUT2D eigenvalue weighted by Gasteiger charge is 2.20. The van der Waals surface area contributed by atoms with E-state index in [9.17, 15) is 17.6 Å². The zero-order valence-electron chi connectivity index (χ0n) is 18.9. The van der Waals surface area contributed by atoms with Crippen molar-refractivity contribution in [3.8, 4) is 0 Å². The lowest BCUT2D eigenvalue weighted by Crippen LogP contribution is -2.32. The molecule has 1 N–H and O–H groups in total. The fraction of sp³-hybridized carbons (Fsp3) is 0.435. The zero-order chi connectivity index (χ0) is 24.0. The highest BCUT2D eigenvalue weighted by molar-refractivity contribution is 7.89. The Kier molecular flexibility index (Phi) is 8.83. The number of hydrogen-bond acceptors (Lipinski definition) is 5. The standard InChI is InChI=1S/C23H30ClFN4O3S/c1-27(2)33(31,32)19-8-9-20(24)22(16-19)26-23(30)10-13-28-11-5-12-29(15-14-28)17-18-6-3-4-7-21(18)25/h3-4,6-9,16H,5,10-15,17H2,1-2H3,(H,26,30). The van der Waals surface area contributed by atoms with Crippen LogP contribution in [-0.2, 0) is 21.4 Å². The smallest absolute Gasteiger partial charge is 0.242 e. The van der Waals surface area contributed by atoms with Gasteiger partial charge in [-0.15, -0.1) is 0 Å². The number of amides is 1. The van der Waals surface area contributed by atoms with Crippen LogP contribution in [0, 0.1) is 5.82 Å². The molecule has 2 aromatic carbocycles. The van der Waals surface area contributed by atoms with Crippen LogP contribution in [0.2, 0.25) is 5.02 Å². The van der Waals surface area contributed by atoms with E-state index < -0.39 is 10.0 Å². The third kappa shape index (κ3) is 6.97. The molecular weight excluding hydrogens is 467 g/mol. The van der Waals surface area contributed by atoms with Gasteiger partial charge in [-0.2, -0.15) is 0 Å². The molecule has 1 aliphatic heterocycles. The van der Waals surface area contributed by atoms with Crippen molar-refractivity contribution < 1.29 is 17.6 Å². The van der Waals surface area contributed by atoms with Gasteiger partial charge in [0.2, 0.25) is 15.9 Å². The molecule has 33 heavy (non-hydrogen) atoms. The second-order valence-corrected chi connectivity index (χ2v) is 10.8. The lowest BCUT2D eigenvalue weighted by molar-refractivity contribution is -0.116. The summed E-state index contributed by atoms with van der Waals surface area (Å²) in [7, 11) is -0.738. The molecular formula is C23H30ClFN4O3S. The van der Waals surface area contributed by atoms with E-state index in [0.717, 1.165) is 36.9 Å². The Labute approximate surface area is 200 Å². The number of halogens is 2. The van der Waals surface area contributed by atoms with Gasteiger partial charge >= 0.3 is 0 Å². The van der Waals surface area contributed by atoms with Crippen molar-refractivity contribution in [3.63, 3.8) is 0 Å². The molecule has 1 amide bonds. The lowest BCUT2D eigenvalue weighted by atomic mass is 10.2. The van der Waals surface area contributed by atoms with Crippen LogP contribution in [0.4, 0.5) is 10.1 Å². The predicted molar refractivity (Wildman–Crippen MR) is 128 cm³/mol. The molecule has 1 fully saturated rings. The molecule has 1 heterocycles. The maximum absolute atomic E-state index is 13.9. The first-order valence-electron chi connectivity index (χ1n) is 10.9. The van der Waals surface area contributed by atoms with E-state index in [-0.39, 0.29) is 33.8 Å². The molecule has 0 aliphatic carbocycles. The van der Waals surface area contributed by atoms with Crippen LogP contribution in [0.15, 0.2) is 47.4 Å². The molecule has 10 heteroatoms. The van der Waals surface area contributed by atoms with Gasteiger partial charge in [0, 0.05) is 52.3 Å². The molecule has 180 valence electrons. The minimum absolute atomic E-state index is 0.0645. The van der Waals surface area contributed by atoms with E-state index in [2.05, 4.69) is 15.1 Å². The van der Waals surface area contributed by atoms with Crippen molar-refractivity contribution in [2.45, 2.75) is 24.3 Å². The molecule has 0 bridgehead atoms. The van der Waals surface area contributed by atoms with Gasteiger partial charge in [-0.05, 0) is 43.8 Å². The van der Waals surface area contributed by atoms with Crippen molar-refractivity contribution >= 4 is 33.2 Å². The second kappa shape index (κ2) is 11.4. The topological polar surface area (TPSA) is 73.0 Å². The zero-order valence-corrected chi connectivity index (χ0v) is 20.5. The number of sulfonamides is 1. The fourth-order valence-corrected chi connectivity index (χ4v) is 4.81. The van der Waals surface area contributed by atoms with Crippen LogP contribution in [0.1, 0.15) is 18.4 Å². The van der Waals surface area contributed by atoms with E-state index in [1.807, 2.05) is 12.1 Å². The molecule has 1 aliphatic rings. The van der Waals surface area contributed by atoms with Gasteiger partial charge in [-0.25, -0.2) is 17.1 Å². The SMILES string of the molecule is CN(C)S(=O)(=O)c1ccc(Cl)c(NC(=O)CCN2CCCN(Cc3ccccc3F)CC2)c1. The first-order valence-corrected chi connectivity index (χ1v) is 12.7. The Morgan fingerprint density at radius 1 is 1.09 bits per heavy atom. The minimum Gasteiger partial charge on any atom is -0.325 e. The van der Waals surface area contributed by atoms with Crippen LogP contribution in [0.25, 0.3) is 0 Å². The molecule has 3 rings (SSSR count). The van der Waals surface area contributed by atoms with Crippen molar-refractivity contribution in [1.29, 1.82) is 0 Å². The van der Waals surface area contributed by atoms with E-state index in [4.69, 9.17) is 11.6 Å². The average Bonchev–Trinajstić information content (AvgIpc) is 3.00. The van der Waals surface area contributed by atoms with Gasteiger partial charge in [0.05, 0.1) is 15.6 Å². The van der Waals surface area contributed by atoms with Crippen molar-refractivity contribution in [2.24, 2.45) is 0 Å². The van der Waals surface area contributed by atoms with Crippen LogP contribution in [-0.4, -0.2) is 75.2 Å². The summed E-state index contributed by atoms with van der Waals surface area (Å²) in [6.45, 7) is 4.47. The van der Waals surface area contributed by atoms with Gasteiger partial charge < -0.3 is 10.2 Å². The second-order valence-electron chi connectivity index (χ2n) is 8.29. The van der Waals surface area contributed by atoms with Crippen LogP contribution < -0.4 is 5.32 Å². The lowest BCUT2D eigenvalue weighted by Gasteiger charge is -2.22. The monoisotopic (exact) mass is 496 g/mol. The van der Waals surface area contributed by atoms with Gasteiger partial charge in [-0.1, -0.05) is 29.8 Å². The Morgan fingerprint density at radius 2 is 1.79 bits per heavy atom. The van der Waals surface area contributed by atoms with E-state index in [1.54, 1.807) is 6.07 Å². The van der Waals surface area contributed by atoms with Gasteiger partial charge in [0.25, 0.3) is 0 Å². The molecule has 2 aromatic rings. The fourth-order valence-electron chi connectivity index (χ4n) is 3.72. The third-order valence-electron chi connectivity index (χ3n) is 5.68. The summed E-state index contributed by atoms with van der Waals surface area (Å²) in [4.78, 5) is 17.0. The first-order chi connectivity index (χ1) is 15.7. The Hall–Kier alpha value is -2.04. The normalized spacial score (nSPS) is 16.0. The largest absolute Gasteiger partial charge is 0.325 e. The number of benzene rings is 2. The number of hydrogen-bond donors (Lipinski definition) is 1. The van der Waals surface area contributed by atoms with Gasteiger partial charge in [0.15, 0.2) is 0 Å². The summed E-state index contributed by atoms with van der Waals surface area (Å²) in [6.07, 6.45) is 1.20. The number of nitrogens with zero attached hydrogens (tertiary/aromatic N) is 3. The maximum Gasteiger partial charge on any atom is 0.242 e. The Bertz CT molecular complexity index is 1080. The molecule has 0 spiro atoms. The maximum atomic E-state index is 13.9. The predicted octanol–water partition coefficient (Wildman–Crippen LogP) is 3.27. The Balaban J connectivity index is 1.52. The summed E-state index contributed by atoms with van der Waals surface area (Å²) in [5.41, 5.74) is 0.970. The number of rotatable bonds is 8. The quantitative estimate of drug-likeness (QED) is 0.607. The van der Waals surface area contributed by atoms with Crippen molar-refractivity contribution in [2.75, 3.05) is 52.1 Å². The molecule has 0 atom stereocenters. The molecule has 7 nitrogen and oxygen atoms in total. The van der Waals surface area contributed by atoms with Gasteiger partial charge in [-0.3, -0.25) is 9.69 Å². The van der Waals surface area contributed by atoms with Crippen LogP contribution >= 0.6 is 11.6 Å². The molecule has 0 aromatic heterocycles. The number of carbonyl (C=O) groups is 1.